The van der Waals surface area contributed by atoms with E-state index in [0.29, 0.717) is 35.0 Å². The number of hydrogen-bond acceptors (Lipinski definition) is 11. The zero-order valence-corrected chi connectivity index (χ0v) is 21.9. The molecule has 0 bridgehead atoms. The minimum absolute atomic E-state index is 0.0716. The molecule has 0 aliphatic carbocycles. The highest BCUT2D eigenvalue weighted by molar-refractivity contribution is 8.73. The van der Waals surface area contributed by atoms with Crippen molar-refractivity contribution < 1.29 is 30.0 Å². The summed E-state index contributed by atoms with van der Waals surface area (Å²) in [6.45, 7) is -0.712. The summed E-state index contributed by atoms with van der Waals surface area (Å²) >= 11 is 7.37. The van der Waals surface area contributed by atoms with Crippen LogP contribution in [0.1, 0.15) is 5.56 Å². The lowest BCUT2D eigenvalue weighted by Gasteiger charge is -2.24. The molecule has 0 aliphatic heterocycles. The molecule has 0 aliphatic rings. The SMILES string of the molecule is CSc1nc(Cl)c2c(C#N)cn(COCC[Si](S(C)(=O)=O)(S(C)(=O)=O)S(C)(=O)=O)c2n1. The molecule has 0 aromatic carbocycles. The van der Waals surface area contributed by atoms with E-state index >= 15 is 0 Å². The Morgan fingerprint density at radius 1 is 1.13 bits per heavy atom. The average Bonchev–Trinajstić information content (AvgIpc) is 2.96. The third-order valence-corrected chi connectivity index (χ3v) is 37.8. The fourth-order valence-corrected chi connectivity index (χ4v) is 30.9. The third kappa shape index (κ3) is 4.77. The van der Waals surface area contributed by atoms with E-state index in [1.165, 1.54) is 22.5 Å². The molecular weight excluding hydrogens is 528 g/mol. The normalized spacial score (nSPS) is 13.4. The van der Waals surface area contributed by atoms with Crippen molar-refractivity contribution in [3.05, 3.63) is 16.9 Å². The summed E-state index contributed by atoms with van der Waals surface area (Å²) in [5.74, 6) is 0. The van der Waals surface area contributed by atoms with Gasteiger partial charge in [0.1, 0.15) is 23.6 Å². The Morgan fingerprint density at radius 2 is 1.68 bits per heavy atom. The number of aromatic nitrogens is 3. The van der Waals surface area contributed by atoms with Gasteiger partial charge >= 0.3 is 5.52 Å². The molecule has 0 radical (unpaired) electrons. The zero-order chi connectivity index (χ0) is 23.8. The van der Waals surface area contributed by atoms with Gasteiger partial charge in [-0.05, 0) is 6.26 Å². The molecule has 2 aromatic heterocycles. The molecule has 0 saturated carbocycles. The van der Waals surface area contributed by atoms with Crippen molar-refractivity contribution in [3.63, 3.8) is 0 Å². The second-order valence-corrected chi connectivity index (χ2v) is 29.5. The molecule has 2 rings (SSSR count). The summed E-state index contributed by atoms with van der Waals surface area (Å²) in [6, 6.07) is 1.27. The van der Waals surface area contributed by atoms with Crippen LogP contribution >= 0.6 is 23.4 Å². The molecule has 17 heteroatoms. The van der Waals surface area contributed by atoms with Crippen molar-refractivity contribution in [1.82, 2.24) is 14.5 Å². The van der Waals surface area contributed by atoms with E-state index in [2.05, 4.69) is 9.97 Å². The first-order chi connectivity index (χ1) is 14.1. The number of thioether (sulfide) groups is 1. The average molecular weight is 547 g/mol. The standard InChI is InChI=1S/C14H19ClN4O7S4Si/c1-27-14-17-12(15)11-10(7-16)8-19(13(11)18-14)9-26-5-6-31(28(2,20)21,29(3,22)23)30(4,24)25/h8H,5-6,9H2,1-4H3. The Hall–Kier alpha value is -1.22. The van der Waals surface area contributed by atoms with Crippen LogP contribution in [0.4, 0.5) is 0 Å². The van der Waals surface area contributed by atoms with E-state index in [0.717, 1.165) is 0 Å². The highest BCUT2D eigenvalue weighted by Gasteiger charge is 2.64. The van der Waals surface area contributed by atoms with Crippen molar-refractivity contribution in [2.75, 3.05) is 31.6 Å². The van der Waals surface area contributed by atoms with Crippen LogP contribution in [0.15, 0.2) is 11.4 Å². The molecule has 2 heterocycles. The summed E-state index contributed by atoms with van der Waals surface area (Å²) in [5, 5.41) is 10.0. The highest BCUT2D eigenvalue weighted by atomic mass is 35.5. The van der Waals surface area contributed by atoms with Gasteiger partial charge in [0.25, 0.3) is 0 Å². The second kappa shape index (κ2) is 8.96. The molecule has 172 valence electrons. The zero-order valence-electron chi connectivity index (χ0n) is 16.9. The Morgan fingerprint density at radius 3 is 2.13 bits per heavy atom. The van der Waals surface area contributed by atoms with Gasteiger partial charge < -0.3 is 9.30 Å². The van der Waals surface area contributed by atoms with Gasteiger partial charge in [-0.3, -0.25) is 0 Å². The Kier molecular flexibility index (Phi) is 7.53. The number of fused-ring (bicyclic) bond motifs is 1. The minimum Gasteiger partial charge on any atom is -0.361 e. The molecule has 0 N–H and O–H groups in total. The number of halogens is 1. The Labute approximate surface area is 189 Å². The van der Waals surface area contributed by atoms with Crippen molar-refractivity contribution in [2.24, 2.45) is 0 Å². The number of rotatable bonds is 9. The van der Waals surface area contributed by atoms with Crippen molar-refractivity contribution >= 4 is 67.8 Å². The van der Waals surface area contributed by atoms with E-state index in [9.17, 15) is 30.5 Å². The molecule has 0 saturated heterocycles. The molecule has 0 amide bonds. The van der Waals surface area contributed by atoms with Crippen LogP contribution in [0.5, 0.6) is 0 Å². The molecule has 2 aromatic rings. The lowest BCUT2D eigenvalue weighted by molar-refractivity contribution is 0.0903. The van der Waals surface area contributed by atoms with E-state index in [-0.39, 0.29) is 17.4 Å². The van der Waals surface area contributed by atoms with Crippen LogP contribution in [-0.4, -0.2) is 76.9 Å². The lowest BCUT2D eigenvalue weighted by atomic mass is 10.3. The number of nitrogens with zero attached hydrogens (tertiary/aromatic N) is 4. The molecule has 0 fully saturated rings. The monoisotopic (exact) mass is 546 g/mol. The fraction of sp³-hybridized carbons (Fsp3) is 0.500. The summed E-state index contributed by atoms with van der Waals surface area (Å²) in [7, 11) is -13.3. The minimum atomic E-state index is -4.94. The largest absolute Gasteiger partial charge is 0.454 e. The van der Waals surface area contributed by atoms with Crippen molar-refractivity contribution in [3.8, 4) is 6.07 Å². The summed E-state index contributed by atoms with van der Waals surface area (Å²) in [5.41, 5.74) is -4.46. The van der Waals surface area contributed by atoms with Gasteiger partial charge in [-0.25, -0.2) is 35.2 Å². The molecule has 0 atom stereocenters. The Balaban J connectivity index is 2.38. The van der Waals surface area contributed by atoms with Gasteiger partial charge in [0.2, 0.25) is 0 Å². The van der Waals surface area contributed by atoms with Crippen LogP contribution in [0, 0.1) is 11.3 Å². The van der Waals surface area contributed by atoms with Crippen molar-refractivity contribution in [2.45, 2.75) is 17.9 Å². The van der Waals surface area contributed by atoms with Gasteiger partial charge in [0.15, 0.2) is 33.0 Å². The fourth-order valence-electron chi connectivity index (χ4n) is 3.14. The first-order valence-corrected chi connectivity index (χ1v) is 19.9. The number of hydrogen-bond donors (Lipinski definition) is 0. The lowest BCUT2D eigenvalue weighted by Crippen LogP contribution is -2.58. The van der Waals surface area contributed by atoms with Gasteiger partial charge in [-0.2, -0.15) is 5.26 Å². The summed E-state index contributed by atoms with van der Waals surface area (Å²) in [4.78, 5) is 8.36. The predicted octanol–water partition coefficient (Wildman–Crippen LogP) is 0.725. The molecule has 0 unspecified atom stereocenters. The van der Waals surface area contributed by atoms with Crippen molar-refractivity contribution in [1.29, 1.82) is 5.26 Å². The van der Waals surface area contributed by atoms with E-state index in [4.69, 9.17) is 16.3 Å². The van der Waals surface area contributed by atoms with Gasteiger partial charge in [-0.1, -0.05) is 23.4 Å². The maximum atomic E-state index is 12.3. The number of nitriles is 1. The van der Waals surface area contributed by atoms with Crippen LogP contribution in [0.2, 0.25) is 11.2 Å². The van der Waals surface area contributed by atoms with Gasteiger partial charge in [0.05, 0.1) is 10.9 Å². The highest BCUT2D eigenvalue weighted by Crippen LogP contribution is 2.30. The maximum Gasteiger partial charge on any atom is 0.454 e. The second-order valence-electron chi connectivity index (χ2n) is 6.61. The van der Waals surface area contributed by atoms with Crippen LogP contribution in [0.3, 0.4) is 0 Å². The summed E-state index contributed by atoms with van der Waals surface area (Å²) < 4.78 is 80.7. The van der Waals surface area contributed by atoms with Crippen LogP contribution in [0.25, 0.3) is 11.0 Å². The smallest absolute Gasteiger partial charge is 0.361 e. The van der Waals surface area contributed by atoms with Gasteiger partial charge in [0, 0.05) is 37.6 Å². The molecule has 31 heavy (non-hydrogen) atoms. The predicted molar refractivity (Wildman–Crippen MR) is 120 cm³/mol. The first kappa shape index (κ1) is 26.0. The topological polar surface area (TPSA) is 166 Å². The van der Waals surface area contributed by atoms with Crippen LogP contribution in [-0.2, 0) is 39.3 Å². The van der Waals surface area contributed by atoms with E-state index in [1.807, 2.05) is 6.07 Å². The molecule has 11 nitrogen and oxygen atoms in total. The first-order valence-electron chi connectivity index (χ1n) is 8.27. The Bertz CT molecular complexity index is 1300. The quantitative estimate of drug-likeness (QED) is 0.143. The van der Waals surface area contributed by atoms with E-state index in [1.54, 1.807) is 6.26 Å². The molecular formula is C14H19ClN4O7S4Si. The number of ether oxygens (including phenoxy) is 1. The van der Waals surface area contributed by atoms with Crippen LogP contribution < -0.4 is 0 Å². The molecule has 0 spiro atoms. The maximum absolute atomic E-state index is 12.3. The van der Waals surface area contributed by atoms with E-state index < -0.39 is 46.0 Å². The summed E-state index contributed by atoms with van der Waals surface area (Å²) in [6.07, 6.45) is 4.98. The van der Waals surface area contributed by atoms with Gasteiger partial charge in [-0.15, -0.1) is 0 Å². The third-order valence-electron chi connectivity index (χ3n) is 4.43.